The minimum atomic E-state index is -4.37. The topological polar surface area (TPSA) is 41.9 Å². The van der Waals surface area contributed by atoms with E-state index in [2.05, 4.69) is 19.9 Å². The fourth-order valence-corrected chi connectivity index (χ4v) is 3.70. The van der Waals surface area contributed by atoms with E-state index in [-0.39, 0.29) is 5.92 Å². The van der Waals surface area contributed by atoms with Gasteiger partial charge in [0.1, 0.15) is 0 Å². The monoisotopic (exact) mass is 398 g/mol. The van der Waals surface area contributed by atoms with Crippen molar-refractivity contribution >= 4 is 0 Å². The second-order valence-corrected chi connectivity index (χ2v) is 7.31. The van der Waals surface area contributed by atoms with Crippen LogP contribution in [0, 0.1) is 0 Å². The molecule has 0 atom stereocenters. The highest BCUT2D eigenvalue weighted by Crippen LogP contribution is 2.32. The van der Waals surface area contributed by atoms with E-state index in [1.807, 2.05) is 12.1 Å². The van der Waals surface area contributed by atoms with Gasteiger partial charge in [-0.05, 0) is 55.8 Å². The summed E-state index contributed by atoms with van der Waals surface area (Å²) in [6, 6.07) is 9.29. The first-order valence-electron chi connectivity index (χ1n) is 9.60. The molecule has 0 amide bonds. The highest BCUT2D eigenvalue weighted by atomic mass is 19.4. The molecule has 4 rings (SSSR count). The highest BCUT2D eigenvalue weighted by molar-refractivity contribution is 5.59. The third kappa shape index (κ3) is 4.79. The van der Waals surface area contributed by atoms with Crippen molar-refractivity contribution in [3.05, 3.63) is 78.0 Å². The largest absolute Gasteiger partial charge is 0.416 e. The fourth-order valence-electron chi connectivity index (χ4n) is 3.70. The van der Waals surface area contributed by atoms with E-state index in [0.717, 1.165) is 50.3 Å². The zero-order chi connectivity index (χ0) is 20.3. The Bertz CT molecular complexity index is 952. The van der Waals surface area contributed by atoms with Crippen LogP contribution >= 0.6 is 0 Å². The number of rotatable bonds is 4. The number of hydrogen-bond acceptors (Lipinski definition) is 4. The summed E-state index contributed by atoms with van der Waals surface area (Å²) in [6.45, 7) is 2.79. The molecule has 0 bridgehead atoms. The van der Waals surface area contributed by atoms with E-state index in [1.165, 1.54) is 17.8 Å². The van der Waals surface area contributed by atoms with Crippen LogP contribution < -0.4 is 0 Å². The molecule has 1 aliphatic heterocycles. The van der Waals surface area contributed by atoms with Crippen LogP contribution in [0.5, 0.6) is 0 Å². The number of benzene rings is 1. The molecule has 1 aromatic carbocycles. The summed E-state index contributed by atoms with van der Waals surface area (Å²) >= 11 is 0. The lowest BCUT2D eigenvalue weighted by Crippen LogP contribution is -2.32. The number of alkyl halides is 3. The standard InChI is InChI=1S/C22H21F3N4/c23-22(24,25)19-3-1-2-18(12-19)21-14-27-13-20(28-21)17-6-10-29(11-7-17)15-16-4-8-26-9-5-16/h1-5,8-9,12-14,17H,6-7,10-11,15H2. The minimum Gasteiger partial charge on any atom is -0.299 e. The average Bonchev–Trinajstić information content (AvgIpc) is 2.75. The molecule has 1 saturated heterocycles. The van der Waals surface area contributed by atoms with Gasteiger partial charge in [-0.15, -0.1) is 0 Å². The normalized spacial score (nSPS) is 16.1. The quantitative estimate of drug-likeness (QED) is 0.625. The van der Waals surface area contributed by atoms with Crippen molar-refractivity contribution in [1.82, 2.24) is 19.9 Å². The van der Waals surface area contributed by atoms with Crippen molar-refractivity contribution in [2.45, 2.75) is 31.5 Å². The van der Waals surface area contributed by atoms with Gasteiger partial charge in [0.2, 0.25) is 0 Å². The van der Waals surface area contributed by atoms with Gasteiger partial charge in [0.15, 0.2) is 0 Å². The van der Waals surface area contributed by atoms with Crippen molar-refractivity contribution in [2.24, 2.45) is 0 Å². The zero-order valence-corrected chi connectivity index (χ0v) is 15.8. The van der Waals surface area contributed by atoms with Gasteiger partial charge in [0.25, 0.3) is 0 Å². The molecule has 0 saturated carbocycles. The van der Waals surface area contributed by atoms with Gasteiger partial charge in [-0.1, -0.05) is 12.1 Å². The molecule has 150 valence electrons. The molecule has 29 heavy (non-hydrogen) atoms. The first-order valence-corrected chi connectivity index (χ1v) is 9.60. The molecule has 1 aliphatic rings. The Labute approximate surface area is 167 Å². The molecule has 0 spiro atoms. The maximum atomic E-state index is 13.0. The lowest BCUT2D eigenvalue weighted by atomic mass is 9.93. The maximum Gasteiger partial charge on any atom is 0.416 e. The molecule has 0 radical (unpaired) electrons. The number of aromatic nitrogens is 3. The van der Waals surface area contributed by atoms with Gasteiger partial charge < -0.3 is 0 Å². The molecular formula is C22H21F3N4. The van der Waals surface area contributed by atoms with E-state index < -0.39 is 11.7 Å². The zero-order valence-electron chi connectivity index (χ0n) is 15.8. The summed E-state index contributed by atoms with van der Waals surface area (Å²) in [4.78, 5) is 15.3. The average molecular weight is 398 g/mol. The van der Waals surface area contributed by atoms with Crippen molar-refractivity contribution < 1.29 is 13.2 Å². The number of pyridine rings is 1. The first kappa shape index (κ1) is 19.5. The van der Waals surface area contributed by atoms with E-state index in [0.29, 0.717) is 11.3 Å². The highest BCUT2D eigenvalue weighted by Gasteiger charge is 2.30. The Hall–Kier alpha value is -2.80. The Morgan fingerprint density at radius 3 is 2.45 bits per heavy atom. The van der Waals surface area contributed by atoms with Gasteiger partial charge in [0, 0.05) is 36.6 Å². The van der Waals surface area contributed by atoms with Gasteiger partial charge in [0.05, 0.1) is 23.1 Å². The summed E-state index contributed by atoms with van der Waals surface area (Å²) in [7, 11) is 0. The predicted octanol–water partition coefficient (Wildman–Crippen LogP) is 4.94. The van der Waals surface area contributed by atoms with E-state index in [1.54, 1.807) is 24.7 Å². The number of likely N-dealkylation sites (tertiary alicyclic amines) is 1. The molecular weight excluding hydrogens is 377 g/mol. The second kappa shape index (κ2) is 8.29. The molecule has 3 heterocycles. The van der Waals surface area contributed by atoms with Gasteiger partial charge in [-0.2, -0.15) is 13.2 Å². The summed E-state index contributed by atoms with van der Waals surface area (Å²) in [5.41, 5.74) is 2.33. The molecule has 4 nitrogen and oxygen atoms in total. The summed E-state index contributed by atoms with van der Waals surface area (Å²) in [5.74, 6) is 0.266. The van der Waals surface area contributed by atoms with Gasteiger partial charge in [-0.3, -0.25) is 14.9 Å². The Morgan fingerprint density at radius 2 is 1.72 bits per heavy atom. The van der Waals surface area contributed by atoms with Crippen LogP contribution in [0.15, 0.2) is 61.2 Å². The molecule has 0 N–H and O–H groups in total. The summed E-state index contributed by atoms with van der Waals surface area (Å²) in [5, 5.41) is 0. The van der Waals surface area contributed by atoms with Crippen LogP contribution in [-0.2, 0) is 12.7 Å². The van der Waals surface area contributed by atoms with Crippen LogP contribution in [0.4, 0.5) is 13.2 Å². The molecule has 1 fully saturated rings. The van der Waals surface area contributed by atoms with Crippen molar-refractivity contribution in [2.75, 3.05) is 13.1 Å². The van der Waals surface area contributed by atoms with Gasteiger partial charge >= 0.3 is 6.18 Å². The molecule has 0 unspecified atom stereocenters. The molecule has 3 aromatic rings. The van der Waals surface area contributed by atoms with Gasteiger partial charge in [-0.25, -0.2) is 4.98 Å². The lowest BCUT2D eigenvalue weighted by molar-refractivity contribution is -0.137. The number of nitrogens with zero attached hydrogens (tertiary/aromatic N) is 4. The van der Waals surface area contributed by atoms with Crippen molar-refractivity contribution in [3.8, 4) is 11.3 Å². The molecule has 0 aliphatic carbocycles. The third-order valence-corrected chi connectivity index (χ3v) is 5.30. The van der Waals surface area contributed by atoms with E-state index in [9.17, 15) is 13.2 Å². The Morgan fingerprint density at radius 1 is 0.966 bits per heavy atom. The fraction of sp³-hybridized carbons (Fsp3) is 0.318. The second-order valence-electron chi connectivity index (χ2n) is 7.31. The smallest absolute Gasteiger partial charge is 0.299 e. The van der Waals surface area contributed by atoms with E-state index >= 15 is 0 Å². The predicted molar refractivity (Wildman–Crippen MR) is 104 cm³/mol. The van der Waals surface area contributed by atoms with Crippen LogP contribution in [0.3, 0.4) is 0 Å². The third-order valence-electron chi connectivity index (χ3n) is 5.30. The lowest BCUT2D eigenvalue weighted by Gasteiger charge is -2.31. The number of piperidine rings is 1. The SMILES string of the molecule is FC(F)(F)c1cccc(-c2cncc(C3CCN(Cc4ccncc4)CC3)n2)c1. The van der Waals surface area contributed by atoms with Crippen LogP contribution in [-0.4, -0.2) is 32.9 Å². The Kier molecular flexibility index (Phi) is 5.58. The maximum absolute atomic E-state index is 13.0. The molecule has 7 heteroatoms. The van der Waals surface area contributed by atoms with Crippen LogP contribution in [0.1, 0.15) is 35.6 Å². The number of hydrogen-bond donors (Lipinski definition) is 0. The summed E-state index contributed by atoms with van der Waals surface area (Å²) < 4.78 is 39.0. The van der Waals surface area contributed by atoms with Crippen molar-refractivity contribution in [1.29, 1.82) is 0 Å². The summed E-state index contributed by atoms with van der Waals surface area (Å²) in [6.07, 6.45) is 4.39. The number of halogens is 3. The molecule has 2 aromatic heterocycles. The van der Waals surface area contributed by atoms with Crippen molar-refractivity contribution in [3.63, 3.8) is 0 Å². The van der Waals surface area contributed by atoms with Crippen LogP contribution in [0.25, 0.3) is 11.3 Å². The van der Waals surface area contributed by atoms with E-state index in [4.69, 9.17) is 0 Å². The first-order chi connectivity index (χ1) is 14.0. The Balaban J connectivity index is 1.45. The van der Waals surface area contributed by atoms with Crippen LogP contribution in [0.2, 0.25) is 0 Å². The minimum absolute atomic E-state index is 0.266.